The molecule has 13 heavy (non-hydrogen) atoms. The van der Waals surface area contributed by atoms with Crippen molar-refractivity contribution in [3.8, 4) is 12.3 Å². The molecule has 0 aliphatic rings. The second-order valence-electron chi connectivity index (χ2n) is 3.91. The summed E-state index contributed by atoms with van der Waals surface area (Å²) in [5.41, 5.74) is 0. The first-order valence-electron chi connectivity index (χ1n) is 5.19. The lowest BCUT2D eigenvalue weighted by Gasteiger charge is -2.20. The van der Waals surface area contributed by atoms with E-state index in [4.69, 9.17) is 11.2 Å². The highest BCUT2D eigenvalue weighted by Crippen LogP contribution is 2.14. The van der Waals surface area contributed by atoms with E-state index >= 15 is 0 Å². The first-order valence-corrected chi connectivity index (χ1v) is 5.19. The Morgan fingerprint density at radius 2 is 1.85 bits per heavy atom. The molecule has 0 aliphatic heterocycles. The highest BCUT2D eigenvalue weighted by atomic mass is 16.5. The third kappa shape index (κ3) is 6.66. The molecule has 76 valence electrons. The molecule has 0 saturated heterocycles. The van der Waals surface area contributed by atoms with Gasteiger partial charge in [-0.25, -0.2) is 0 Å². The average Bonchev–Trinajstić information content (AvgIpc) is 2.04. The number of hydrogen-bond acceptors (Lipinski definition) is 1. The molecule has 0 aliphatic carbocycles. The molecule has 0 fully saturated rings. The van der Waals surface area contributed by atoms with Crippen LogP contribution in [0.15, 0.2) is 0 Å². The van der Waals surface area contributed by atoms with Crippen LogP contribution in [0.4, 0.5) is 0 Å². The molecule has 0 radical (unpaired) electrons. The zero-order valence-electron chi connectivity index (χ0n) is 9.34. The fraction of sp³-hybridized carbons (Fsp3) is 0.833. The Kier molecular flexibility index (Phi) is 6.72. The monoisotopic (exact) mass is 182 g/mol. The lowest BCUT2D eigenvalue weighted by molar-refractivity contribution is -0.00418. The molecule has 0 bridgehead atoms. The topological polar surface area (TPSA) is 9.23 Å². The lowest BCUT2D eigenvalue weighted by Crippen LogP contribution is -2.18. The smallest absolute Gasteiger partial charge is 0.0553 e. The van der Waals surface area contributed by atoms with E-state index in [0.29, 0.717) is 18.1 Å². The minimum atomic E-state index is 0.332. The first-order chi connectivity index (χ1) is 6.10. The van der Waals surface area contributed by atoms with Gasteiger partial charge in [-0.05, 0) is 32.6 Å². The molecule has 0 aromatic rings. The van der Waals surface area contributed by atoms with Gasteiger partial charge in [0, 0.05) is 6.42 Å². The van der Waals surface area contributed by atoms with Crippen LogP contribution in [0, 0.1) is 18.3 Å². The highest BCUT2D eigenvalue weighted by molar-refractivity contribution is 4.86. The van der Waals surface area contributed by atoms with Crippen molar-refractivity contribution in [3.63, 3.8) is 0 Å². The van der Waals surface area contributed by atoms with E-state index in [2.05, 4.69) is 33.6 Å². The average molecular weight is 182 g/mol. The van der Waals surface area contributed by atoms with Crippen molar-refractivity contribution in [1.82, 2.24) is 0 Å². The summed E-state index contributed by atoms with van der Waals surface area (Å²) in [5.74, 6) is 3.26. The van der Waals surface area contributed by atoms with Gasteiger partial charge < -0.3 is 4.74 Å². The van der Waals surface area contributed by atoms with Crippen molar-refractivity contribution in [1.29, 1.82) is 0 Å². The molecule has 0 saturated carbocycles. The number of ether oxygens (including phenoxy) is 1. The second-order valence-corrected chi connectivity index (χ2v) is 3.91. The Labute approximate surface area is 82.9 Å². The molecule has 3 unspecified atom stereocenters. The first kappa shape index (κ1) is 12.5. The van der Waals surface area contributed by atoms with Gasteiger partial charge in [0.2, 0.25) is 0 Å². The maximum atomic E-state index is 5.75. The van der Waals surface area contributed by atoms with Crippen LogP contribution in [-0.4, -0.2) is 12.2 Å². The van der Waals surface area contributed by atoms with Crippen LogP contribution < -0.4 is 0 Å². The zero-order chi connectivity index (χ0) is 10.3. The van der Waals surface area contributed by atoms with Gasteiger partial charge in [-0.3, -0.25) is 0 Å². The number of terminal acetylenes is 1. The normalized spacial score (nSPS) is 17.5. The Bertz CT molecular complexity index is 157. The molecule has 0 aromatic carbocycles. The predicted octanol–water partition coefficient (Wildman–Crippen LogP) is 3.24. The molecular formula is C12H22O. The SMILES string of the molecule is C#CCC(C)CC(C)OC(C)CC. The van der Waals surface area contributed by atoms with E-state index in [1.165, 1.54) is 0 Å². The standard InChI is InChI=1S/C12H22O/c1-6-8-10(3)9-12(5)13-11(4)7-2/h1,10-12H,7-9H2,2-5H3. The maximum Gasteiger partial charge on any atom is 0.0553 e. The maximum absolute atomic E-state index is 5.75. The third-order valence-electron chi connectivity index (χ3n) is 2.24. The minimum absolute atomic E-state index is 0.332. The Morgan fingerprint density at radius 1 is 1.23 bits per heavy atom. The molecule has 0 heterocycles. The minimum Gasteiger partial charge on any atom is -0.376 e. The van der Waals surface area contributed by atoms with E-state index in [1.54, 1.807) is 0 Å². The summed E-state index contributed by atoms with van der Waals surface area (Å²) in [6.45, 7) is 8.56. The molecule has 0 rings (SSSR count). The Hall–Kier alpha value is -0.480. The molecular weight excluding hydrogens is 160 g/mol. The van der Waals surface area contributed by atoms with E-state index in [9.17, 15) is 0 Å². The second kappa shape index (κ2) is 6.97. The molecule has 3 atom stereocenters. The lowest BCUT2D eigenvalue weighted by atomic mass is 10.0. The third-order valence-corrected chi connectivity index (χ3v) is 2.24. The number of rotatable bonds is 6. The van der Waals surface area contributed by atoms with Crippen molar-refractivity contribution in [2.45, 2.75) is 59.2 Å². The van der Waals surface area contributed by atoms with Crippen molar-refractivity contribution in [2.75, 3.05) is 0 Å². The largest absolute Gasteiger partial charge is 0.376 e. The Morgan fingerprint density at radius 3 is 2.31 bits per heavy atom. The Balaban J connectivity index is 3.61. The van der Waals surface area contributed by atoms with Gasteiger partial charge in [0.05, 0.1) is 12.2 Å². The van der Waals surface area contributed by atoms with Gasteiger partial charge in [-0.2, -0.15) is 0 Å². The van der Waals surface area contributed by atoms with Crippen LogP contribution in [0.2, 0.25) is 0 Å². The van der Waals surface area contributed by atoms with Crippen molar-refractivity contribution >= 4 is 0 Å². The summed E-state index contributed by atoms with van der Waals surface area (Å²) < 4.78 is 5.75. The molecule has 0 spiro atoms. The van der Waals surface area contributed by atoms with Gasteiger partial charge >= 0.3 is 0 Å². The van der Waals surface area contributed by atoms with E-state index < -0.39 is 0 Å². The molecule has 0 N–H and O–H groups in total. The molecule has 1 nitrogen and oxygen atoms in total. The van der Waals surface area contributed by atoms with Crippen LogP contribution in [-0.2, 0) is 4.74 Å². The summed E-state index contributed by atoms with van der Waals surface area (Å²) in [6, 6.07) is 0. The summed E-state index contributed by atoms with van der Waals surface area (Å²) in [5, 5.41) is 0. The summed E-state index contributed by atoms with van der Waals surface area (Å²) in [7, 11) is 0. The van der Waals surface area contributed by atoms with E-state index in [-0.39, 0.29) is 0 Å². The van der Waals surface area contributed by atoms with Crippen LogP contribution in [0.5, 0.6) is 0 Å². The zero-order valence-corrected chi connectivity index (χ0v) is 9.34. The van der Waals surface area contributed by atoms with Crippen molar-refractivity contribution < 1.29 is 4.74 Å². The molecule has 0 aromatic heterocycles. The number of hydrogen-bond donors (Lipinski definition) is 0. The highest BCUT2D eigenvalue weighted by Gasteiger charge is 2.10. The predicted molar refractivity (Wildman–Crippen MR) is 57.5 cm³/mol. The summed E-state index contributed by atoms with van der Waals surface area (Å²) in [4.78, 5) is 0. The fourth-order valence-corrected chi connectivity index (χ4v) is 1.40. The van der Waals surface area contributed by atoms with Gasteiger partial charge in [-0.15, -0.1) is 12.3 Å². The fourth-order valence-electron chi connectivity index (χ4n) is 1.40. The van der Waals surface area contributed by atoms with Gasteiger partial charge in [-0.1, -0.05) is 13.8 Å². The van der Waals surface area contributed by atoms with Gasteiger partial charge in [0.1, 0.15) is 0 Å². The van der Waals surface area contributed by atoms with Crippen LogP contribution in [0.3, 0.4) is 0 Å². The van der Waals surface area contributed by atoms with E-state index in [1.807, 2.05) is 0 Å². The summed E-state index contributed by atoms with van der Waals surface area (Å²) in [6.07, 6.45) is 8.94. The van der Waals surface area contributed by atoms with Crippen LogP contribution >= 0.6 is 0 Å². The molecule has 1 heteroatoms. The van der Waals surface area contributed by atoms with Crippen LogP contribution in [0.1, 0.15) is 47.0 Å². The molecule has 0 amide bonds. The summed E-state index contributed by atoms with van der Waals surface area (Å²) >= 11 is 0. The van der Waals surface area contributed by atoms with Crippen molar-refractivity contribution in [2.24, 2.45) is 5.92 Å². The van der Waals surface area contributed by atoms with Crippen LogP contribution in [0.25, 0.3) is 0 Å². The van der Waals surface area contributed by atoms with Gasteiger partial charge in [0.15, 0.2) is 0 Å². The van der Waals surface area contributed by atoms with Gasteiger partial charge in [0.25, 0.3) is 0 Å². The van der Waals surface area contributed by atoms with E-state index in [0.717, 1.165) is 19.3 Å². The van der Waals surface area contributed by atoms with Crippen molar-refractivity contribution in [3.05, 3.63) is 0 Å². The quantitative estimate of drug-likeness (QED) is 0.573.